The van der Waals surface area contributed by atoms with Crippen LogP contribution in [0.3, 0.4) is 0 Å². The van der Waals surface area contributed by atoms with Crippen molar-refractivity contribution in [3.05, 3.63) is 195 Å². The molecule has 0 N–H and O–H groups in total. The minimum absolute atomic E-state index is 0.658. The Hall–Kier alpha value is -7.04. The van der Waals surface area contributed by atoms with Crippen molar-refractivity contribution >= 4 is 10.9 Å². The smallest absolute Gasteiger partial charge is 0.160 e. The molecule has 4 heteroatoms. The van der Waals surface area contributed by atoms with Crippen LogP contribution < -0.4 is 0 Å². The van der Waals surface area contributed by atoms with Gasteiger partial charge in [-0.15, -0.1) is 0 Å². The van der Waals surface area contributed by atoms with Gasteiger partial charge >= 0.3 is 0 Å². The molecule has 9 aromatic rings. The number of para-hydroxylation sites is 1. The lowest BCUT2D eigenvalue weighted by molar-refractivity contribution is 1.20. The maximum absolute atomic E-state index is 5.17. The predicted octanol–water partition coefficient (Wildman–Crippen LogP) is 12.1. The maximum Gasteiger partial charge on any atom is 0.160 e. The standard InChI is InChI=1S/C48H32N4/c1-3-11-33(12-4-1)41-29-42(34-13-5-2-6-14-34)31-43(30-41)38-17-9-15-36(27-38)37-16-10-18-40(28-37)48-51-45-20-8-7-19-44(45)47(52-48)46-32-39(23-26-50-46)35-21-24-49-25-22-35/h1-32H. The van der Waals surface area contributed by atoms with E-state index in [0.717, 1.165) is 55.7 Å². The fourth-order valence-electron chi connectivity index (χ4n) is 6.79. The van der Waals surface area contributed by atoms with Crippen molar-refractivity contribution in [3.8, 4) is 78.4 Å². The fourth-order valence-corrected chi connectivity index (χ4v) is 6.79. The molecule has 4 nitrogen and oxygen atoms in total. The van der Waals surface area contributed by atoms with Gasteiger partial charge in [0.15, 0.2) is 5.82 Å². The average Bonchev–Trinajstić information content (AvgIpc) is 3.24. The molecule has 0 radical (unpaired) electrons. The minimum Gasteiger partial charge on any atom is -0.265 e. The van der Waals surface area contributed by atoms with Crippen LogP contribution in [0.15, 0.2) is 195 Å². The van der Waals surface area contributed by atoms with Crippen LogP contribution in [0.1, 0.15) is 0 Å². The summed E-state index contributed by atoms with van der Waals surface area (Å²) >= 11 is 0. The van der Waals surface area contributed by atoms with E-state index in [1.54, 1.807) is 12.4 Å². The molecule has 52 heavy (non-hydrogen) atoms. The molecule has 0 aliphatic heterocycles. The van der Waals surface area contributed by atoms with E-state index in [4.69, 9.17) is 15.0 Å². The second-order valence-electron chi connectivity index (χ2n) is 12.8. The van der Waals surface area contributed by atoms with Gasteiger partial charge < -0.3 is 0 Å². The molecule has 0 aliphatic rings. The number of fused-ring (bicyclic) bond motifs is 1. The van der Waals surface area contributed by atoms with Gasteiger partial charge in [0.2, 0.25) is 0 Å². The van der Waals surface area contributed by atoms with Gasteiger partial charge in [0.05, 0.1) is 11.2 Å². The largest absolute Gasteiger partial charge is 0.265 e. The third kappa shape index (κ3) is 6.26. The number of pyridine rings is 2. The molecule has 3 aromatic heterocycles. The first-order valence-electron chi connectivity index (χ1n) is 17.4. The molecule has 0 aliphatic carbocycles. The highest BCUT2D eigenvalue weighted by molar-refractivity contribution is 5.93. The third-order valence-corrected chi connectivity index (χ3v) is 9.42. The van der Waals surface area contributed by atoms with Crippen LogP contribution >= 0.6 is 0 Å². The topological polar surface area (TPSA) is 51.6 Å². The van der Waals surface area contributed by atoms with Crippen LogP contribution in [-0.4, -0.2) is 19.9 Å². The Morgan fingerprint density at radius 3 is 1.44 bits per heavy atom. The molecule has 0 spiro atoms. The number of hydrogen-bond acceptors (Lipinski definition) is 4. The molecule has 9 rings (SSSR count). The van der Waals surface area contributed by atoms with Crippen LogP contribution in [0.4, 0.5) is 0 Å². The van der Waals surface area contributed by atoms with E-state index in [0.29, 0.717) is 5.82 Å². The van der Waals surface area contributed by atoms with Crippen molar-refractivity contribution in [3.63, 3.8) is 0 Å². The van der Waals surface area contributed by atoms with Crippen molar-refractivity contribution in [2.75, 3.05) is 0 Å². The molecule has 244 valence electrons. The number of aromatic nitrogens is 4. The summed E-state index contributed by atoms with van der Waals surface area (Å²) in [4.78, 5) is 19.2. The van der Waals surface area contributed by atoms with Gasteiger partial charge in [-0.3, -0.25) is 9.97 Å². The lowest BCUT2D eigenvalue weighted by Gasteiger charge is -2.13. The maximum atomic E-state index is 5.17. The zero-order valence-electron chi connectivity index (χ0n) is 28.3. The van der Waals surface area contributed by atoms with Gasteiger partial charge in [0.25, 0.3) is 0 Å². The predicted molar refractivity (Wildman–Crippen MR) is 213 cm³/mol. The van der Waals surface area contributed by atoms with Gasteiger partial charge in [0.1, 0.15) is 5.69 Å². The minimum atomic E-state index is 0.658. The van der Waals surface area contributed by atoms with Crippen molar-refractivity contribution in [1.29, 1.82) is 0 Å². The molecule has 0 unspecified atom stereocenters. The average molecular weight is 665 g/mol. The summed E-state index contributed by atoms with van der Waals surface area (Å²) in [6.45, 7) is 0. The molecular formula is C48H32N4. The first-order valence-corrected chi connectivity index (χ1v) is 17.4. The molecule has 0 saturated heterocycles. The molecule has 0 fully saturated rings. The van der Waals surface area contributed by atoms with E-state index < -0.39 is 0 Å². The van der Waals surface area contributed by atoms with Gasteiger partial charge in [-0.1, -0.05) is 115 Å². The first kappa shape index (κ1) is 31.0. The van der Waals surface area contributed by atoms with Crippen LogP contribution in [-0.2, 0) is 0 Å². The summed E-state index contributed by atoms with van der Waals surface area (Å²) < 4.78 is 0. The highest BCUT2D eigenvalue weighted by atomic mass is 14.9. The summed E-state index contributed by atoms with van der Waals surface area (Å²) in [7, 11) is 0. The molecule has 3 heterocycles. The van der Waals surface area contributed by atoms with Crippen LogP contribution in [0.5, 0.6) is 0 Å². The van der Waals surface area contributed by atoms with E-state index in [2.05, 4.69) is 145 Å². The summed E-state index contributed by atoms with van der Waals surface area (Å²) in [5.41, 5.74) is 14.9. The van der Waals surface area contributed by atoms with Gasteiger partial charge in [0, 0.05) is 29.5 Å². The Morgan fingerprint density at radius 2 is 0.769 bits per heavy atom. The van der Waals surface area contributed by atoms with Crippen molar-refractivity contribution in [1.82, 2.24) is 19.9 Å². The van der Waals surface area contributed by atoms with E-state index in [9.17, 15) is 0 Å². The van der Waals surface area contributed by atoms with E-state index >= 15 is 0 Å². The third-order valence-electron chi connectivity index (χ3n) is 9.42. The lowest BCUT2D eigenvalue weighted by atomic mass is 9.92. The fraction of sp³-hybridized carbons (Fsp3) is 0. The normalized spacial score (nSPS) is 11.1. The zero-order valence-corrected chi connectivity index (χ0v) is 28.3. The molecule has 6 aromatic carbocycles. The van der Waals surface area contributed by atoms with Crippen molar-refractivity contribution in [2.45, 2.75) is 0 Å². The monoisotopic (exact) mass is 664 g/mol. The van der Waals surface area contributed by atoms with Gasteiger partial charge in [-0.25, -0.2) is 9.97 Å². The number of nitrogens with zero attached hydrogens (tertiary/aromatic N) is 4. The Morgan fingerprint density at radius 1 is 0.308 bits per heavy atom. The van der Waals surface area contributed by atoms with Crippen LogP contribution in [0.25, 0.3) is 89.3 Å². The van der Waals surface area contributed by atoms with E-state index in [-0.39, 0.29) is 0 Å². The first-order chi connectivity index (χ1) is 25.7. The van der Waals surface area contributed by atoms with Gasteiger partial charge in [-0.05, 0) is 116 Å². The molecule has 0 saturated carbocycles. The summed E-state index contributed by atoms with van der Waals surface area (Å²) in [6.07, 6.45) is 5.45. The highest BCUT2D eigenvalue weighted by Gasteiger charge is 2.15. The second kappa shape index (κ2) is 13.7. The van der Waals surface area contributed by atoms with Gasteiger partial charge in [-0.2, -0.15) is 0 Å². The Kier molecular flexibility index (Phi) is 8.16. The Balaban J connectivity index is 1.12. The summed E-state index contributed by atoms with van der Waals surface area (Å²) in [5.74, 6) is 0.658. The van der Waals surface area contributed by atoms with Crippen molar-refractivity contribution < 1.29 is 0 Å². The lowest BCUT2D eigenvalue weighted by Crippen LogP contribution is -1.97. The van der Waals surface area contributed by atoms with Crippen LogP contribution in [0.2, 0.25) is 0 Å². The molecule has 0 atom stereocenters. The Labute approximate surface area is 302 Å². The van der Waals surface area contributed by atoms with E-state index in [1.165, 1.54) is 27.8 Å². The van der Waals surface area contributed by atoms with Crippen molar-refractivity contribution in [2.24, 2.45) is 0 Å². The number of hydrogen-bond donors (Lipinski definition) is 0. The molecular weight excluding hydrogens is 633 g/mol. The number of benzene rings is 6. The van der Waals surface area contributed by atoms with E-state index in [1.807, 2.05) is 42.6 Å². The SMILES string of the molecule is c1ccc(-c2cc(-c3ccccc3)cc(-c3cccc(-c4cccc(-c5nc(-c6cc(-c7ccncc7)ccn6)c6ccccc6n5)c4)c3)c2)cc1. The zero-order chi connectivity index (χ0) is 34.7. The number of rotatable bonds is 7. The quantitative estimate of drug-likeness (QED) is 0.170. The molecule has 0 amide bonds. The summed E-state index contributed by atoms with van der Waals surface area (Å²) in [6, 6.07) is 61.6. The summed E-state index contributed by atoms with van der Waals surface area (Å²) in [5, 5.41) is 0.960. The molecule has 0 bridgehead atoms. The second-order valence-corrected chi connectivity index (χ2v) is 12.8. The Bertz CT molecular complexity index is 2610. The highest BCUT2D eigenvalue weighted by Crippen LogP contribution is 2.36. The van der Waals surface area contributed by atoms with Crippen LogP contribution in [0, 0.1) is 0 Å².